The van der Waals surface area contributed by atoms with Crippen LogP contribution in [-0.2, 0) is 6.18 Å². The Labute approximate surface area is 114 Å². The second-order valence-electron chi connectivity index (χ2n) is 5.12. The molecule has 0 unspecified atom stereocenters. The summed E-state index contributed by atoms with van der Waals surface area (Å²) in [7, 11) is 0. The third-order valence-electron chi connectivity index (χ3n) is 3.96. The molecule has 1 aliphatic heterocycles. The zero-order valence-electron chi connectivity index (χ0n) is 10.5. The van der Waals surface area contributed by atoms with E-state index in [0.29, 0.717) is 11.2 Å². The van der Waals surface area contributed by atoms with Crippen molar-refractivity contribution >= 4 is 16.5 Å². The van der Waals surface area contributed by atoms with E-state index in [0.717, 1.165) is 42.9 Å². The second kappa shape index (κ2) is 4.94. The van der Waals surface area contributed by atoms with Gasteiger partial charge in [0.25, 0.3) is 0 Å². The normalized spacial score (nSPS) is 22.6. The van der Waals surface area contributed by atoms with Gasteiger partial charge in [-0.25, -0.2) is 4.98 Å². The van der Waals surface area contributed by atoms with Gasteiger partial charge < -0.3 is 4.90 Å². The molecule has 0 N–H and O–H groups in total. The van der Waals surface area contributed by atoms with E-state index in [1.807, 2.05) is 4.90 Å². The van der Waals surface area contributed by atoms with Crippen LogP contribution in [0.3, 0.4) is 0 Å². The van der Waals surface area contributed by atoms with Gasteiger partial charge in [-0.3, -0.25) is 4.90 Å². The minimum absolute atomic E-state index is 0.501. The van der Waals surface area contributed by atoms with Crippen molar-refractivity contribution < 1.29 is 13.2 Å². The summed E-state index contributed by atoms with van der Waals surface area (Å²) < 4.78 is 37.5. The number of thiazole rings is 1. The van der Waals surface area contributed by atoms with E-state index in [-0.39, 0.29) is 0 Å². The lowest BCUT2D eigenvalue weighted by Crippen LogP contribution is -2.52. The van der Waals surface area contributed by atoms with Crippen LogP contribution in [0.15, 0.2) is 5.38 Å². The Bertz CT molecular complexity index is 434. The molecule has 0 bridgehead atoms. The van der Waals surface area contributed by atoms with E-state index in [4.69, 9.17) is 0 Å². The molecule has 2 fully saturated rings. The van der Waals surface area contributed by atoms with Gasteiger partial charge in [-0.15, -0.1) is 11.3 Å². The summed E-state index contributed by atoms with van der Waals surface area (Å²) in [6, 6.07) is 0.712. The number of anilines is 1. The summed E-state index contributed by atoms with van der Waals surface area (Å²) in [5.74, 6) is 0. The van der Waals surface area contributed by atoms with E-state index in [1.165, 1.54) is 19.3 Å². The predicted molar refractivity (Wildman–Crippen MR) is 68.5 cm³/mol. The monoisotopic (exact) mass is 291 g/mol. The molecule has 0 spiro atoms. The largest absolute Gasteiger partial charge is 0.434 e. The molecule has 0 aromatic carbocycles. The summed E-state index contributed by atoms with van der Waals surface area (Å²) in [5.41, 5.74) is -0.770. The minimum atomic E-state index is -4.33. The fourth-order valence-electron chi connectivity index (χ4n) is 2.57. The number of rotatable bonds is 2. The highest BCUT2D eigenvalue weighted by Crippen LogP contribution is 2.33. The quantitative estimate of drug-likeness (QED) is 0.835. The molecule has 1 aromatic heterocycles. The van der Waals surface area contributed by atoms with Crippen LogP contribution in [0.25, 0.3) is 0 Å². The lowest BCUT2D eigenvalue weighted by molar-refractivity contribution is -0.140. The van der Waals surface area contributed by atoms with Crippen LogP contribution in [0.5, 0.6) is 0 Å². The smallest absolute Gasteiger partial charge is 0.346 e. The lowest BCUT2D eigenvalue weighted by atomic mass is 9.91. The van der Waals surface area contributed by atoms with Crippen LogP contribution in [0.2, 0.25) is 0 Å². The topological polar surface area (TPSA) is 19.4 Å². The molecule has 19 heavy (non-hydrogen) atoms. The predicted octanol–water partition coefficient (Wildman–Crippen LogP) is 2.84. The first-order valence-electron chi connectivity index (χ1n) is 6.56. The van der Waals surface area contributed by atoms with E-state index < -0.39 is 11.9 Å². The second-order valence-corrected chi connectivity index (χ2v) is 5.96. The van der Waals surface area contributed by atoms with Gasteiger partial charge in [0.2, 0.25) is 0 Å². The first kappa shape index (κ1) is 13.2. The van der Waals surface area contributed by atoms with Gasteiger partial charge in [-0.05, 0) is 12.8 Å². The Hall–Kier alpha value is -0.820. The first-order chi connectivity index (χ1) is 9.04. The van der Waals surface area contributed by atoms with Crippen molar-refractivity contribution in [2.45, 2.75) is 31.5 Å². The summed E-state index contributed by atoms with van der Waals surface area (Å²) in [6.45, 7) is 3.43. The van der Waals surface area contributed by atoms with Crippen LogP contribution >= 0.6 is 11.3 Å². The third kappa shape index (κ3) is 2.72. The van der Waals surface area contributed by atoms with Crippen LogP contribution in [0, 0.1) is 0 Å². The SMILES string of the molecule is FC(F)(F)c1csc(N2CCN(C3CCC3)CC2)n1. The van der Waals surface area contributed by atoms with Crippen molar-refractivity contribution in [2.75, 3.05) is 31.1 Å². The lowest BCUT2D eigenvalue weighted by Gasteiger charge is -2.42. The molecule has 7 heteroatoms. The molecule has 3 nitrogen and oxygen atoms in total. The van der Waals surface area contributed by atoms with Crippen molar-refractivity contribution in [3.63, 3.8) is 0 Å². The van der Waals surface area contributed by atoms with Gasteiger partial charge in [0.1, 0.15) is 0 Å². The van der Waals surface area contributed by atoms with E-state index in [1.54, 1.807) is 0 Å². The van der Waals surface area contributed by atoms with Crippen molar-refractivity contribution in [1.29, 1.82) is 0 Å². The van der Waals surface area contributed by atoms with Crippen molar-refractivity contribution in [3.8, 4) is 0 Å². The highest BCUT2D eigenvalue weighted by molar-refractivity contribution is 7.13. The maximum atomic E-state index is 12.5. The standard InChI is InChI=1S/C12H16F3N3S/c13-12(14,15)10-8-19-11(16-10)18-6-4-17(5-7-18)9-2-1-3-9/h8-9H,1-7H2. The van der Waals surface area contributed by atoms with Gasteiger partial charge in [0.15, 0.2) is 10.8 Å². The molecule has 1 aromatic rings. The van der Waals surface area contributed by atoms with Crippen LogP contribution in [0.1, 0.15) is 25.0 Å². The van der Waals surface area contributed by atoms with Crippen LogP contribution in [0.4, 0.5) is 18.3 Å². The zero-order valence-corrected chi connectivity index (χ0v) is 11.3. The molecular formula is C12H16F3N3S. The van der Waals surface area contributed by atoms with Gasteiger partial charge in [-0.2, -0.15) is 13.2 Å². The molecule has 0 atom stereocenters. The third-order valence-corrected chi connectivity index (χ3v) is 4.86. The van der Waals surface area contributed by atoms with Gasteiger partial charge in [0.05, 0.1) is 0 Å². The molecule has 2 aliphatic rings. The summed E-state index contributed by atoms with van der Waals surface area (Å²) in [5, 5.41) is 1.61. The fourth-order valence-corrected chi connectivity index (χ4v) is 3.46. The Morgan fingerprint density at radius 2 is 1.84 bits per heavy atom. The van der Waals surface area contributed by atoms with E-state index in [2.05, 4.69) is 9.88 Å². The Kier molecular flexibility index (Phi) is 3.42. The average molecular weight is 291 g/mol. The van der Waals surface area contributed by atoms with Gasteiger partial charge in [-0.1, -0.05) is 6.42 Å². The molecule has 1 saturated heterocycles. The number of piperazine rings is 1. The Morgan fingerprint density at radius 3 is 2.32 bits per heavy atom. The maximum Gasteiger partial charge on any atom is 0.434 e. The molecule has 106 valence electrons. The molecule has 2 heterocycles. The highest BCUT2D eigenvalue weighted by atomic mass is 32.1. The highest BCUT2D eigenvalue weighted by Gasteiger charge is 2.35. The number of alkyl halides is 3. The van der Waals surface area contributed by atoms with Crippen molar-refractivity contribution in [2.24, 2.45) is 0 Å². The molecule has 1 aliphatic carbocycles. The van der Waals surface area contributed by atoms with Crippen molar-refractivity contribution in [1.82, 2.24) is 9.88 Å². The molecule has 0 amide bonds. The maximum absolute atomic E-state index is 12.5. The number of nitrogens with zero attached hydrogens (tertiary/aromatic N) is 3. The number of halogens is 3. The van der Waals surface area contributed by atoms with Crippen LogP contribution in [-0.4, -0.2) is 42.1 Å². The van der Waals surface area contributed by atoms with E-state index in [9.17, 15) is 13.2 Å². The summed E-state index contributed by atoms with van der Waals surface area (Å²) >= 11 is 1.09. The number of hydrogen-bond donors (Lipinski definition) is 0. The number of hydrogen-bond acceptors (Lipinski definition) is 4. The molecule has 0 radical (unpaired) electrons. The average Bonchev–Trinajstić information content (AvgIpc) is 2.76. The minimum Gasteiger partial charge on any atom is -0.346 e. The summed E-state index contributed by atoms with van der Waals surface area (Å²) in [4.78, 5) is 8.13. The Balaban J connectivity index is 1.60. The first-order valence-corrected chi connectivity index (χ1v) is 7.44. The fraction of sp³-hybridized carbons (Fsp3) is 0.750. The molecular weight excluding hydrogens is 275 g/mol. The van der Waals surface area contributed by atoms with Gasteiger partial charge >= 0.3 is 6.18 Å². The van der Waals surface area contributed by atoms with Gasteiger partial charge in [0, 0.05) is 37.6 Å². The molecule has 3 rings (SSSR count). The van der Waals surface area contributed by atoms with Crippen LogP contribution < -0.4 is 4.90 Å². The number of aromatic nitrogens is 1. The Morgan fingerprint density at radius 1 is 1.16 bits per heavy atom. The van der Waals surface area contributed by atoms with Crippen molar-refractivity contribution in [3.05, 3.63) is 11.1 Å². The molecule has 1 saturated carbocycles. The van der Waals surface area contributed by atoms with E-state index >= 15 is 0 Å². The zero-order chi connectivity index (χ0) is 13.5. The summed E-state index contributed by atoms with van der Waals surface area (Å²) in [6.07, 6.45) is -0.472.